The number of nitrogens with one attached hydrogen (secondary N) is 1. The maximum absolute atomic E-state index is 3.55. The predicted molar refractivity (Wildman–Crippen MR) is 72.6 cm³/mol. The van der Waals surface area contributed by atoms with Gasteiger partial charge in [0.15, 0.2) is 0 Å². The molecule has 0 fully saturated rings. The molecule has 0 saturated carbocycles. The van der Waals surface area contributed by atoms with Crippen molar-refractivity contribution in [1.82, 2.24) is 5.32 Å². The Labute approximate surface area is 105 Å². The monoisotopic (exact) mass is 287 g/mol. The van der Waals surface area contributed by atoms with E-state index in [4.69, 9.17) is 0 Å². The van der Waals surface area contributed by atoms with Crippen LogP contribution in [0.2, 0.25) is 0 Å². The SMILES string of the molecule is CC(C)(C)NCCSc1ccccc1Br. The molecule has 0 saturated heterocycles. The van der Waals surface area contributed by atoms with Crippen molar-refractivity contribution in [3.05, 3.63) is 28.7 Å². The lowest BCUT2D eigenvalue weighted by Crippen LogP contribution is -2.37. The van der Waals surface area contributed by atoms with Crippen LogP contribution >= 0.6 is 27.7 Å². The first-order valence-corrected chi connectivity index (χ1v) is 6.89. The van der Waals surface area contributed by atoms with Crippen molar-refractivity contribution in [2.24, 2.45) is 0 Å². The van der Waals surface area contributed by atoms with E-state index in [-0.39, 0.29) is 5.54 Å². The average Bonchev–Trinajstić information content (AvgIpc) is 2.13. The number of hydrogen-bond acceptors (Lipinski definition) is 2. The van der Waals surface area contributed by atoms with Crippen LogP contribution in [0.15, 0.2) is 33.6 Å². The van der Waals surface area contributed by atoms with Crippen LogP contribution < -0.4 is 5.32 Å². The summed E-state index contributed by atoms with van der Waals surface area (Å²) in [4.78, 5) is 1.31. The molecule has 0 unspecified atom stereocenters. The summed E-state index contributed by atoms with van der Waals surface area (Å²) < 4.78 is 1.19. The summed E-state index contributed by atoms with van der Waals surface area (Å²) in [6.45, 7) is 7.61. The second kappa shape index (κ2) is 5.92. The van der Waals surface area contributed by atoms with Crippen LogP contribution in [-0.2, 0) is 0 Å². The van der Waals surface area contributed by atoms with Crippen LogP contribution in [0.5, 0.6) is 0 Å². The van der Waals surface area contributed by atoms with Crippen LogP contribution in [0.1, 0.15) is 20.8 Å². The molecule has 0 atom stereocenters. The molecule has 1 rings (SSSR count). The van der Waals surface area contributed by atoms with Crippen molar-refractivity contribution in [2.45, 2.75) is 31.2 Å². The van der Waals surface area contributed by atoms with Gasteiger partial charge in [0.25, 0.3) is 0 Å². The Balaban J connectivity index is 2.30. The molecule has 0 radical (unpaired) electrons. The molecule has 15 heavy (non-hydrogen) atoms. The Morgan fingerprint density at radius 3 is 2.53 bits per heavy atom. The van der Waals surface area contributed by atoms with Gasteiger partial charge in [-0.25, -0.2) is 0 Å². The fourth-order valence-corrected chi connectivity index (χ4v) is 2.58. The highest BCUT2D eigenvalue weighted by Gasteiger charge is 2.07. The standard InChI is InChI=1S/C12H18BrNS/c1-12(2,3)14-8-9-15-11-7-5-4-6-10(11)13/h4-7,14H,8-9H2,1-3H3. The average molecular weight is 288 g/mol. The molecule has 84 valence electrons. The minimum Gasteiger partial charge on any atom is -0.311 e. The van der Waals surface area contributed by atoms with E-state index in [2.05, 4.69) is 60.2 Å². The van der Waals surface area contributed by atoms with Gasteiger partial charge < -0.3 is 5.32 Å². The fourth-order valence-electron chi connectivity index (χ4n) is 1.15. The zero-order chi connectivity index (χ0) is 11.3. The van der Waals surface area contributed by atoms with Crippen molar-refractivity contribution < 1.29 is 0 Å². The van der Waals surface area contributed by atoms with E-state index >= 15 is 0 Å². The van der Waals surface area contributed by atoms with Crippen LogP contribution in [0, 0.1) is 0 Å². The van der Waals surface area contributed by atoms with Crippen molar-refractivity contribution in [3.8, 4) is 0 Å². The summed E-state index contributed by atoms with van der Waals surface area (Å²) in [5, 5.41) is 3.48. The van der Waals surface area contributed by atoms with Gasteiger partial charge in [0.2, 0.25) is 0 Å². The van der Waals surface area contributed by atoms with E-state index in [0.29, 0.717) is 0 Å². The first kappa shape index (κ1) is 13.1. The maximum Gasteiger partial charge on any atom is 0.0311 e. The molecule has 3 heteroatoms. The summed E-state index contributed by atoms with van der Waals surface area (Å²) in [6.07, 6.45) is 0. The summed E-state index contributed by atoms with van der Waals surface area (Å²) in [5.41, 5.74) is 0.217. The van der Waals surface area contributed by atoms with Crippen molar-refractivity contribution >= 4 is 27.7 Å². The highest BCUT2D eigenvalue weighted by Crippen LogP contribution is 2.26. The van der Waals surface area contributed by atoms with Gasteiger partial charge in [-0.3, -0.25) is 0 Å². The Morgan fingerprint density at radius 1 is 1.27 bits per heavy atom. The van der Waals surface area contributed by atoms with Gasteiger partial charge in [-0.2, -0.15) is 0 Å². The topological polar surface area (TPSA) is 12.0 Å². The molecule has 0 spiro atoms. The number of benzene rings is 1. The molecule has 0 aliphatic heterocycles. The van der Waals surface area contributed by atoms with Crippen LogP contribution in [0.25, 0.3) is 0 Å². The minimum atomic E-state index is 0.217. The quantitative estimate of drug-likeness (QED) is 0.665. The Morgan fingerprint density at radius 2 is 1.93 bits per heavy atom. The molecular formula is C12H18BrNS. The summed E-state index contributed by atoms with van der Waals surface area (Å²) >= 11 is 5.42. The maximum atomic E-state index is 3.55. The zero-order valence-corrected chi connectivity index (χ0v) is 11.9. The molecule has 0 aromatic heterocycles. The van der Waals surface area contributed by atoms with Crippen molar-refractivity contribution in [1.29, 1.82) is 0 Å². The Hall–Kier alpha value is 0.01000. The highest BCUT2D eigenvalue weighted by atomic mass is 79.9. The smallest absolute Gasteiger partial charge is 0.0311 e. The third-order valence-electron chi connectivity index (χ3n) is 1.85. The first-order valence-electron chi connectivity index (χ1n) is 5.11. The molecule has 1 aromatic rings. The molecule has 0 aliphatic rings. The minimum absolute atomic E-state index is 0.217. The number of thioether (sulfide) groups is 1. The van der Waals surface area contributed by atoms with E-state index < -0.39 is 0 Å². The molecular weight excluding hydrogens is 270 g/mol. The van der Waals surface area contributed by atoms with Gasteiger partial charge in [0.05, 0.1) is 0 Å². The fraction of sp³-hybridized carbons (Fsp3) is 0.500. The molecule has 0 bridgehead atoms. The van der Waals surface area contributed by atoms with Gasteiger partial charge in [0, 0.05) is 27.2 Å². The van der Waals surface area contributed by atoms with Gasteiger partial charge in [-0.15, -0.1) is 11.8 Å². The van der Waals surface area contributed by atoms with E-state index in [1.54, 1.807) is 0 Å². The van der Waals surface area contributed by atoms with Gasteiger partial charge in [-0.1, -0.05) is 12.1 Å². The van der Waals surface area contributed by atoms with Crippen molar-refractivity contribution in [2.75, 3.05) is 12.3 Å². The third kappa shape index (κ3) is 5.59. The summed E-state index contributed by atoms with van der Waals surface area (Å²) in [7, 11) is 0. The molecule has 0 aliphatic carbocycles. The lowest BCUT2D eigenvalue weighted by molar-refractivity contribution is 0.441. The Bertz CT molecular complexity index is 307. The van der Waals surface area contributed by atoms with E-state index in [0.717, 1.165) is 12.3 Å². The van der Waals surface area contributed by atoms with Crippen molar-refractivity contribution in [3.63, 3.8) is 0 Å². The van der Waals surface area contributed by atoms with Crippen LogP contribution in [-0.4, -0.2) is 17.8 Å². The number of halogens is 1. The van der Waals surface area contributed by atoms with E-state index in [1.807, 2.05) is 17.8 Å². The number of hydrogen-bond donors (Lipinski definition) is 1. The van der Waals surface area contributed by atoms with Crippen LogP contribution in [0.4, 0.5) is 0 Å². The normalized spacial score (nSPS) is 11.7. The summed E-state index contributed by atoms with van der Waals surface area (Å²) in [5.74, 6) is 1.10. The van der Waals surface area contributed by atoms with E-state index in [9.17, 15) is 0 Å². The van der Waals surface area contributed by atoms with Gasteiger partial charge in [-0.05, 0) is 48.8 Å². The second-order valence-electron chi connectivity index (χ2n) is 4.46. The Kier molecular flexibility index (Phi) is 5.16. The molecule has 1 N–H and O–H groups in total. The first-order chi connectivity index (χ1) is 6.99. The molecule has 1 aromatic carbocycles. The lowest BCUT2D eigenvalue weighted by Gasteiger charge is -2.20. The van der Waals surface area contributed by atoms with E-state index in [1.165, 1.54) is 9.37 Å². The predicted octanol–water partition coefficient (Wildman–Crippen LogP) is 3.93. The highest BCUT2D eigenvalue weighted by molar-refractivity contribution is 9.10. The van der Waals surface area contributed by atoms with Crippen LogP contribution in [0.3, 0.4) is 0 Å². The lowest BCUT2D eigenvalue weighted by atomic mass is 10.1. The molecule has 0 heterocycles. The molecule has 1 nitrogen and oxygen atoms in total. The van der Waals surface area contributed by atoms with Gasteiger partial charge >= 0.3 is 0 Å². The number of rotatable bonds is 4. The second-order valence-corrected chi connectivity index (χ2v) is 6.45. The summed E-state index contributed by atoms with van der Waals surface area (Å²) in [6, 6.07) is 8.34. The molecule has 0 amide bonds. The van der Waals surface area contributed by atoms with Gasteiger partial charge in [0.1, 0.15) is 0 Å². The third-order valence-corrected chi connectivity index (χ3v) is 3.88. The zero-order valence-electron chi connectivity index (χ0n) is 9.51. The largest absolute Gasteiger partial charge is 0.311 e.